The summed E-state index contributed by atoms with van der Waals surface area (Å²) in [6.07, 6.45) is -0.389. The molecule has 3 aromatic rings. The van der Waals surface area contributed by atoms with Gasteiger partial charge in [0, 0.05) is 12.1 Å². The van der Waals surface area contributed by atoms with Crippen LogP contribution in [0, 0.1) is 5.82 Å². The second-order valence-corrected chi connectivity index (χ2v) is 9.96. The number of amides is 2. The Labute approximate surface area is 202 Å². The van der Waals surface area contributed by atoms with Crippen LogP contribution in [0.4, 0.5) is 15.8 Å². The molecule has 3 aromatic carbocycles. The van der Waals surface area contributed by atoms with Gasteiger partial charge in [-0.25, -0.2) is 12.8 Å². The highest BCUT2D eigenvalue weighted by atomic mass is 32.2. The van der Waals surface area contributed by atoms with Gasteiger partial charge in [0.05, 0.1) is 30.1 Å². The van der Waals surface area contributed by atoms with Gasteiger partial charge in [-0.05, 0) is 48.0 Å². The van der Waals surface area contributed by atoms with Gasteiger partial charge in [0.1, 0.15) is 12.4 Å². The van der Waals surface area contributed by atoms with E-state index in [1.165, 1.54) is 50.6 Å². The molecule has 0 bridgehead atoms. The fourth-order valence-electron chi connectivity index (χ4n) is 4.02. The van der Waals surface area contributed by atoms with Gasteiger partial charge in [0.25, 0.3) is 0 Å². The SMILES string of the molecule is COc1ccc(C2CC(=O)N(CC(=O)Nc3cccc(F)c3)c3ccccc3S2(=O)=O)cc1OC. The minimum Gasteiger partial charge on any atom is -0.493 e. The summed E-state index contributed by atoms with van der Waals surface area (Å²) in [6.45, 7) is -0.444. The molecule has 0 aromatic heterocycles. The third-order valence-corrected chi connectivity index (χ3v) is 7.83. The lowest BCUT2D eigenvalue weighted by Gasteiger charge is -2.21. The Kier molecular flexibility index (Phi) is 6.74. The number of hydrogen-bond donors (Lipinski definition) is 1. The fraction of sp³-hybridized carbons (Fsp3) is 0.200. The number of carbonyl (C=O) groups is 2. The van der Waals surface area contributed by atoms with Gasteiger partial charge >= 0.3 is 0 Å². The molecule has 182 valence electrons. The number of sulfone groups is 1. The summed E-state index contributed by atoms with van der Waals surface area (Å²) in [5.74, 6) is -0.919. The number of hydrogen-bond acceptors (Lipinski definition) is 6. The lowest BCUT2D eigenvalue weighted by molar-refractivity contribution is -0.121. The van der Waals surface area contributed by atoms with Crippen LogP contribution in [0.15, 0.2) is 71.6 Å². The van der Waals surface area contributed by atoms with Crippen molar-refractivity contribution in [1.29, 1.82) is 0 Å². The zero-order valence-electron chi connectivity index (χ0n) is 19.0. The topological polar surface area (TPSA) is 102 Å². The summed E-state index contributed by atoms with van der Waals surface area (Å²) in [7, 11) is -1.13. The van der Waals surface area contributed by atoms with Crippen molar-refractivity contribution in [3.8, 4) is 11.5 Å². The molecule has 1 atom stereocenters. The predicted molar refractivity (Wildman–Crippen MR) is 128 cm³/mol. The minimum atomic E-state index is -4.02. The first kappa shape index (κ1) is 24.2. The standard InChI is InChI=1S/C25H23FN2O6S/c1-33-20-11-10-16(12-21(20)34-2)23-14-25(30)28(19-8-3-4-9-22(19)35(23,31)32)15-24(29)27-18-7-5-6-17(26)13-18/h3-13,23H,14-15H2,1-2H3,(H,27,29). The highest BCUT2D eigenvalue weighted by molar-refractivity contribution is 7.92. The molecule has 0 radical (unpaired) electrons. The molecule has 0 fully saturated rings. The van der Waals surface area contributed by atoms with Crippen LogP contribution in [0.1, 0.15) is 17.2 Å². The van der Waals surface area contributed by atoms with Crippen molar-refractivity contribution in [2.75, 3.05) is 31.0 Å². The molecule has 1 heterocycles. The molecule has 1 unspecified atom stereocenters. The molecule has 0 saturated carbocycles. The molecule has 1 N–H and O–H groups in total. The minimum absolute atomic E-state index is 0.0656. The van der Waals surface area contributed by atoms with Gasteiger partial charge in [-0.15, -0.1) is 0 Å². The van der Waals surface area contributed by atoms with Crippen molar-refractivity contribution in [3.05, 3.63) is 78.1 Å². The Hall–Kier alpha value is -3.92. The highest BCUT2D eigenvalue weighted by Crippen LogP contribution is 2.42. The van der Waals surface area contributed by atoms with Crippen molar-refractivity contribution in [2.24, 2.45) is 0 Å². The lowest BCUT2D eigenvalue weighted by atomic mass is 10.1. The number of para-hydroxylation sites is 1. The zero-order chi connectivity index (χ0) is 25.2. The quantitative estimate of drug-likeness (QED) is 0.556. The van der Waals surface area contributed by atoms with E-state index >= 15 is 0 Å². The van der Waals surface area contributed by atoms with Gasteiger partial charge in [0.2, 0.25) is 11.8 Å². The van der Waals surface area contributed by atoms with Gasteiger partial charge < -0.3 is 19.7 Å². The van der Waals surface area contributed by atoms with Crippen LogP contribution in [0.2, 0.25) is 0 Å². The summed E-state index contributed by atoms with van der Waals surface area (Å²) in [6, 6.07) is 16.1. The zero-order valence-corrected chi connectivity index (χ0v) is 19.8. The number of methoxy groups -OCH3 is 2. The average Bonchev–Trinajstić information content (AvgIpc) is 2.92. The number of nitrogens with one attached hydrogen (secondary N) is 1. The molecule has 0 spiro atoms. The largest absolute Gasteiger partial charge is 0.493 e. The van der Waals surface area contributed by atoms with E-state index in [1.54, 1.807) is 24.3 Å². The van der Waals surface area contributed by atoms with E-state index in [0.717, 1.165) is 11.0 Å². The Bertz CT molecular complexity index is 1390. The maximum absolute atomic E-state index is 13.7. The normalized spacial score (nSPS) is 16.7. The van der Waals surface area contributed by atoms with E-state index < -0.39 is 39.3 Å². The molecule has 8 nitrogen and oxygen atoms in total. The van der Waals surface area contributed by atoms with E-state index in [2.05, 4.69) is 5.32 Å². The van der Waals surface area contributed by atoms with E-state index in [0.29, 0.717) is 17.1 Å². The number of anilines is 2. The number of fused-ring (bicyclic) bond motifs is 1. The number of nitrogens with zero attached hydrogens (tertiary/aromatic N) is 1. The Morgan fingerprint density at radius 2 is 1.77 bits per heavy atom. The lowest BCUT2D eigenvalue weighted by Crippen LogP contribution is -2.38. The molecular formula is C25H23FN2O6S. The predicted octanol–water partition coefficient (Wildman–Crippen LogP) is 3.73. The molecule has 1 aliphatic rings. The summed E-state index contributed by atoms with van der Waals surface area (Å²) in [5, 5.41) is 1.34. The third-order valence-electron chi connectivity index (χ3n) is 5.69. The van der Waals surface area contributed by atoms with Crippen LogP contribution >= 0.6 is 0 Å². The Balaban J connectivity index is 1.71. The summed E-state index contributed by atoms with van der Waals surface area (Å²) in [5.41, 5.74) is 0.688. The molecule has 0 saturated heterocycles. The second-order valence-electron chi connectivity index (χ2n) is 7.86. The van der Waals surface area contributed by atoms with Gasteiger partial charge in [0.15, 0.2) is 21.3 Å². The summed E-state index contributed by atoms with van der Waals surface area (Å²) in [4.78, 5) is 27.1. The molecular weight excluding hydrogens is 475 g/mol. The van der Waals surface area contributed by atoms with Crippen LogP contribution in [0.3, 0.4) is 0 Å². The van der Waals surface area contributed by atoms with Crippen LogP contribution in [0.25, 0.3) is 0 Å². The molecule has 1 aliphatic heterocycles. The molecule has 10 heteroatoms. The molecule has 35 heavy (non-hydrogen) atoms. The van der Waals surface area contributed by atoms with Crippen molar-refractivity contribution in [1.82, 2.24) is 0 Å². The number of rotatable bonds is 6. The van der Waals surface area contributed by atoms with E-state index in [-0.39, 0.29) is 22.7 Å². The number of benzene rings is 3. The molecule has 4 rings (SSSR count). The first-order valence-electron chi connectivity index (χ1n) is 10.6. The van der Waals surface area contributed by atoms with Gasteiger partial charge in [-0.2, -0.15) is 0 Å². The molecule has 0 aliphatic carbocycles. The smallest absolute Gasteiger partial charge is 0.244 e. The Morgan fingerprint density at radius 3 is 2.49 bits per heavy atom. The monoisotopic (exact) mass is 498 g/mol. The highest BCUT2D eigenvalue weighted by Gasteiger charge is 2.40. The van der Waals surface area contributed by atoms with Crippen molar-refractivity contribution in [2.45, 2.75) is 16.6 Å². The van der Waals surface area contributed by atoms with Gasteiger partial charge in [-0.3, -0.25) is 9.59 Å². The van der Waals surface area contributed by atoms with Crippen LogP contribution < -0.4 is 19.7 Å². The third kappa shape index (κ3) is 4.83. The number of carbonyl (C=O) groups excluding carboxylic acids is 2. The maximum Gasteiger partial charge on any atom is 0.244 e. The summed E-state index contributed by atoms with van der Waals surface area (Å²) < 4.78 is 51.4. The van der Waals surface area contributed by atoms with Crippen LogP contribution in [-0.2, 0) is 19.4 Å². The van der Waals surface area contributed by atoms with Gasteiger partial charge in [-0.1, -0.05) is 24.3 Å². The molecule has 2 amide bonds. The van der Waals surface area contributed by atoms with Crippen molar-refractivity contribution in [3.63, 3.8) is 0 Å². The van der Waals surface area contributed by atoms with E-state index in [9.17, 15) is 22.4 Å². The van der Waals surface area contributed by atoms with Crippen LogP contribution in [-0.4, -0.2) is 41.0 Å². The van der Waals surface area contributed by atoms with Crippen molar-refractivity contribution >= 4 is 33.0 Å². The van der Waals surface area contributed by atoms with E-state index in [1.807, 2.05) is 0 Å². The second kappa shape index (κ2) is 9.75. The Morgan fingerprint density at radius 1 is 1.03 bits per heavy atom. The number of ether oxygens (including phenoxy) is 2. The maximum atomic E-state index is 13.7. The van der Waals surface area contributed by atoms with E-state index in [4.69, 9.17) is 9.47 Å². The summed E-state index contributed by atoms with van der Waals surface area (Å²) >= 11 is 0. The average molecular weight is 499 g/mol. The fourth-order valence-corrected chi connectivity index (χ4v) is 5.93. The van der Waals surface area contributed by atoms with Crippen LogP contribution in [0.5, 0.6) is 11.5 Å². The number of halogens is 1. The first-order chi connectivity index (χ1) is 16.7. The van der Waals surface area contributed by atoms with Crippen molar-refractivity contribution < 1.29 is 31.9 Å². The first-order valence-corrected chi connectivity index (χ1v) is 12.2.